The van der Waals surface area contributed by atoms with Gasteiger partial charge in [0.15, 0.2) is 11.5 Å². The van der Waals surface area contributed by atoms with E-state index in [9.17, 15) is 14.0 Å². The van der Waals surface area contributed by atoms with Crippen molar-refractivity contribution in [3.63, 3.8) is 0 Å². The van der Waals surface area contributed by atoms with Gasteiger partial charge in [-0.1, -0.05) is 26.0 Å². The summed E-state index contributed by atoms with van der Waals surface area (Å²) in [4.78, 5) is 27.2. The molecule has 0 aliphatic carbocycles. The summed E-state index contributed by atoms with van der Waals surface area (Å²) in [5.41, 5.74) is 2.61. The summed E-state index contributed by atoms with van der Waals surface area (Å²) < 4.78 is 29.4. The van der Waals surface area contributed by atoms with Crippen molar-refractivity contribution in [2.75, 3.05) is 27.9 Å². The number of benzene rings is 2. The molecule has 7 nitrogen and oxygen atoms in total. The highest BCUT2D eigenvalue weighted by molar-refractivity contribution is 5.84. The van der Waals surface area contributed by atoms with Crippen molar-refractivity contribution in [2.45, 2.75) is 32.4 Å². The van der Waals surface area contributed by atoms with Gasteiger partial charge in [-0.15, -0.1) is 0 Å². The van der Waals surface area contributed by atoms with Gasteiger partial charge in [0, 0.05) is 6.54 Å². The van der Waals surface area contributed by atoms with Crippen molar-refractivity contribution in [3.05, 3.63) is 58.9 Å². The topological polar surface area (TPSA) is 77.1 Å². The number of ether oxygens (including phenoxy) is 3. The number of nitrogens with one attached hydrogen (secondary N) is 1. The molecule has 0 saturated carbocycles. The molecule has 0 aromatic heterocycles. The van der Waals surface area contributed by atoms with Gasteiger partial charge in [0.1, 0.15) is 11.9 Å². The molecule has 8 heteroatoms. The quantitative estimate of drug-likeness (QED) is 0.688. The molecule has 0 fully saturated rings. The number of methoxy groups -OCH3 is 3. The first kappa shape index (κ1) is 23.4. The Bertz CT molecular complexity index is 977. The third-order valence-corrected chi connectivity index (χ3v) is 5.72. The van der Waals surface area contributed by atoms with Crippen molar-refractivity contribution < 1.29 is 28.2 Å². The average molecular weight is 445 g/mol. The predicted molar refractivity (Wildman–Crippen MR) is 117 cm³/mol. The van der Waals surface area contributed by atoms with Crippen molar-refractivity contribution in [1.29, 1.82) is 0 Å². The number of carbonyl (C=O) groups excluding carboxylic acids is 2. The van der Waals surface area contributed by atoms with Gasteiger partial charge in [0.2, 0.25) is 0 Å². The van der Waals surface area contributed by atoms with Crippen LogP contribution in [0, 0.1) is 11.7 Å². The second-order valence-electron chi connectivity index (χ2n) is 8.00. The first-order valence-corrected chi connectivity index (χ1v) is 10.5. The lowest BCUT2D eigenvalue weighted by atomic mass is 9.87. The second-order valence-corrected chi connectivity index (χ2v) is 8.00. The van der Waals surface area contributed by atoms with Crippen LogP contribution in [0.15, 0.2) is 36.4 Å². The van der Waals surface area contributed by atoms with Gasteiger partial charge in [0.05, 0.1) is 27.4 Å². The molecular formula is C24H29FN2O5. The van der Waals surface area contributed by atoms with Gasteiger partial charge < -0.3 is 24.4 Å². The van der Waals surface area contributed by atoms with Crippen LogP contribution in [-0.2, 0) is 16.0 Å². The number of nitrogens with zero attached hydrogens (tertiary/aromatic N) is 1. The fourth-order valence-corrected chi connectivity index (χ4v) is 4.01. The van der Waals surface area contributed by atoms with Crippen LogP contribution < -0.4 is 14.8 Å². The summed E-state index contributed by atoms with van der Waals surface area (Å²) in [7, 11) is 4.42. The van der Waals surface area contributed by atoms with E-state index in [2.05, 4.69) is 5.32 Å². The van der Waals surface area contributed by atoms with Gasteiger partial charge >= 0.3 is 12.0 Å². The van der Waals surface area contributed by atoms with Crippen LogP contribution in [-0.4, -0.2) is 50.8 Å². The zero-order valence-corrected chi connectivity index (χ0v) is 19.0. The Balaban J connectivity index is 2.05. The van der Waals surface area contributed by atoms with Gasteiger partial charge in [0.25, 0.3) is 0 Å². The lowest BCUT2D eigenvalue weighted by Crippen LogP contribution is -2.53. The van der Waals surface area contributed by atoms with Gasteiger partial charge in [-0.2, -0.15) is 0 Å². The normalized spacial score (nSPS) is 16.2. The molecule has 0 bridgehead atoms. The summed E-state index contributed by atoms with van der Waals surface area (Å²) in [6.45, 7) is 4.08. The van der Waals surface area contributed by atoms with Crippen LogP contribution in [0.2, 0.25) is 0 Å². The summed E-state index contributed by atoms with van der Waals surface area (Å²) in [5, 5.41) is 2.81. The van der Waals surface area contributed by atoms with E-state index in [1.165, 1.54) is 19.2 Å². The fraction of sp³-hybridized carbons (Fsp3) is 0.417. The van der Waals surface area contributed by atoms with E-state index in [-0.39, 0.29) is 11.7 Å². The van der Waals surface area contributed by atoms with Crippen molar-refractivity contribution >= 4 is 12.0 Å². The van der Waals surface area contributed by atoms with Crippen LogP contribution in [0.1, 0.15) is 36.6 Å². The summed E-state index contributed by atoms with van der Waals surface area (Å²) in [6, 6.07) is 8.13. The monoisotopic (exact) mass is 444 g/mol. The first-order valence-electron chi connectivity index (χ1n) is 10.5. The Hall–Kier alpha value is -3.29. The minimum absolute atomic E-state index is 0.155. The largest absolute Gasteiger partial charge is 0.493 e. The number of esters is 1. The number of amides is 2. The number of hydrogen-bond donors (Lipinski definition) is 1. The number of urea groups is 1. The van der Waals surface area contributed by atoms with Crippen molar-refractivity contribution in [1.82, 2.24) is 10.2 Å². The average Bonchev–Trinajstić information content (AvgIpc) is 2.80. The van der Waals surface area contributed by atoms with E-state index in [0.29, 0.717) is 24.5 Å². The van der Waals surface area contributed by atoms with Crippen LogP contribution >= 0.6 is 0 Å². The first-order chi connectivity index (χ1) is 15.3. The Labute approximate surface area is 187 Å². The lowest BCUT2D eigenvalue weighted by molar-refractivity contribution is -0.144. The molecule has 1 unspecified atom stereocenters. The lowest BCUT2D eigenvalue weighted by Gasteiger charge is -2.39. The molecule has 0 spiro atoms. The highest BCUT2D eigenvalue weighted by Gasteiger charge is 2.35. The number of hydrogen-bond acceptors (Lipinski definition) is 5. The summed E-state index contributed by atoms with van der Waals surface area (Å²) in [6.07, 6.45) is 0.589. The van der Waals surface area contributed by atoms with Gasteiger partial charge in [-0.25, -0.2) is 14.0 Å². The Morgan fingerprint density at radius 3 is 2.25 bits per heavy atom. The third-order valence-electron chi connectivity index (χ3n) is 5.72. The number of rotatable bonds is 6. The van der Waals surface area contributed by atoms with E-state index in [0.717, 1.165) is 16.7 Å². The minimum atomic E-state index is -0.784. The molecule has 0 radical (unpaired) electrons. The molecule has 1 aliphatic heterocycles. The van der Waals surface area contributed by atoms with E-state index in [1.54, 1.807) is 31.3 Å². The van der Waals surface area contributed by atoms with E-state index in [1.807, 2.05) is 26.0 Å². The van der Waals surface area contributed by atoms with E-state index >= 15 is 0 Å². The standard InChI is InChI=1S/C24H29FN2O5/c1-14(2)21(23(28)32-5)26-24(29)27-11-10-16-12-19(30-3)20(31-4)13-18(16)22(27)15-6-8-17(25)9-7-15/h6-9,12-14,21-22H,10-11H2,1-5H3,(H,26,29)/t21-,22?/m1/s1. The molecule has 1 aliphatic rings. The molecule has 32 heavy (non-hydrogen) atoms. The van der Waals surface area contributed by atoms with Crippen molar-refractivity contribution in [2.24, 2.45) is 5.92 Å². The Morgan fingerprint density at radius 1 is 1.06 bits per heavy atom. The highest BCUT2D eigenvalue weighted by atomic mass is 19.1. The Kier molecular flexibility index (Phi) is 7.22. The zero-order chi connectivity index (χ0) is 23.4. The molecule has 1 N–H and O–H groups in total. The number of fused-ring (bicyclic) bond motifs is 1. The molecule has 2 aromatic carbocycles. The summed E-state index contributed by atoms with van der Waals surface area (Å²) in [5.74, 6) is 0.120. The molecule has 172 valence electrons. The van der Waals surface area contributed by atoms with Crippen LogP contribution in [0.5, 0.6) is 11.5 Å². The molecule has 0 saturated heterocycles. The molecule has 2 amide bonds. The Morgan fingerprint density at radius 2 is 1.69 bits per heavy atom. The molecule has 2 aromatic rings. The molecular weight excluding hydrogens is 415 g/mol. The predicted octanol–water partition coefficient (Wildman–Crippen LogP) is 3.70. The van der Waals surface area contributed by atoms with Gasteiger partial charge in [-0.3, -0.25) is 0 Å². The smallest absolute Gasteiger partial charge is 0.328 e. The molecule has 1 heterocycles. The zero-order valence-electron chi connectivity index (χ0n) is 19.0. The van der Waals surface area contributed by atoms with Crippen LogP contribution in [0.3, 0.4) is 0 Å². The molecule has 3 rings (SSSR count). The second kappa shape index (κ2) is 9.89. The number of halogens is 1. The maximum atomic E-state index is 13.6. The van der Waals surface area contributed by atoms with Crippen LogP contribution in [0.4, 0.5) is 9.18 Å². The minimum Gasteiger partial charge on any atom is -0.493 e. The third kappa shape index (κ3) is 4.64. The van der Waals surface area contributed by atoms with E-state index < -0.39 is 24.1 Å². The highest BCUT2D eigenvalue weighted by Crippen LogP contribution is 2.41. The number of carbonyl (C=O) groups is 2. The molecule has 2 atom stereocenters. The van der Waals surface area contributed by atoms with Gasteiger partial charge in [-0.05, 0) is 53.3 Å². The fourth-order valence-electron chi connectivity index (χ4n) is 4.01. The maximum absolute atomic E-state index is 13.6. The summed E-state index contributed by atoms with van der Waals surface area (Å²) >= 11 is 0. The van der Waals surface area contributed by atoms with Crippen molar-refractivity contribution in [3.8, 4) is 11.5 Å². The SMILES string of the molecule is COC(=O)[C@H](NC(=O)N1CCc2cc(OC)c(OC)cc2C1c1ccc(F)cc1)C(C)C. The van der Waals surface area contributed by atoms with E-state index in [4.69, 9.17) is 14.2 Å². The van der Waals surface area contributed by atoms with Crippen LogP contribution in [0.25, 0.3) is 0 Å². The maximum Gasteiger partial charge on any atom is 0.328 e.